The van der Waals surface area contributed by atoms with Crippen molar-refractivity contribution in [3.63, 3.8) is 0 Å². The van der Waals surface area contributed by atoms with Crippen molar-refractivity contribution in [3.05, 3.63) is 76.4 Å². The molecule has 5 atom stereocenters. The maximum absolute atomic E-state index is 14.4. The monoisotopic (exact) mass is 699 g/mol. The highest BCUT2D eigenvalue weighted by Crippen LogP contribution is 2.62. The molecule has 2 aromatic carbocycles. The highest BCUT2D eigenvalue weighted by molar-refractivity contribution is 6.10. The van der Waals surface area contributed by atoms with E-state index in [9.17, 15) is 25.2 Å². The fourth-order valence-electron chi connectivity index (χ4n) is 12.0. The molecule has 0 saturated heterocycles. The van der Waals surface area contributed by atoms with E-state index in [4.69, 9.17) is 4.74 Å². The summed E-state index contributed by atoms with van der Waals surface area (Å²) in [7, 11) is 1.62. The van der Waals surface area contributed by atoms with Crippen molar-refractivity contribution in [2.45, 2.75) is 121 Å². The van der Waals surface area contributed by atoms with Gasteiger partial charge in [0.05, 0.1) is 31.5 Å². The van der Waals surface area contributed by atoms with Crippen LogP contribution in [0.3, 0.4) is 0 Å². The van der Waals surface area contributed by atoms with Crippen LogP contribution in [0.4, 0.5) is 0 Å². The van der Waals surface area contributed by atoms with Gasteiger partial charge in [-0.05, 0) is 161 Å². The number of benzene rings is 2. The van der Waals surface area contributed by atoms with E-state index in [0.717, 1.165) is 61.1 Å². The summed E-state index contributed by atoms with van der Waals surface area (Å²) in [6, 6.07) is 13.4. The largest absolute Gasteiger partial charge is 0.497 e. The van der Waals surface area contributed by atoms with E-state index in [1.807, 2.05) is 30.3 Å². The number of carbonyl (C=O) groups is 1. The van der Waals surface area contributed by atoms with Gasteiger partial charge in [-0.3, -0.25) is 9.69 Å². The van der Waals surface area contributed by atoms with E-state index in [-0.39, 0.29) is 23.7 Å². The van der Waals surface area contributed by atoms with Crippen LogP contribution in [0.1, 0.15) is 124 Å². The molecule has 5 fully saturated rings. The first-order valence-corrected chi connectivity index (χ1v) is 19.8. The van der Waals surface area contributed by atoms with Crippen LogP contribution in [0, 0.1) is 28.6 Å². The summed E-state index contributed by atoms with van der Waals surface area (Å²) in [5.41, 5.74) is 2.99. The van der Waals surface area contributed by atoms with Crippen molar-refractivity contribution in [1.29, 1.82) is 0 Å². The minimum absolute atomic E-state index is 0.0564. The predicted molar refractivity (Wildman–Crippen MR) is 200 cm³/mol. The Morgan fingerprint density at radius 1 is 0.980 bits per heavy atom. The molecule has 7 aliphatic carbocycles. The van der Waals surface area contributed by atoms with Gasteiger partial charge >= 0.3 is 0 Å². The Hall–Kier alpha value is -2.55. The summed E-state index contributed by atoms with van der Waals surface area (Å²) >= 11 is 0. The summed E-state index contributed by atoms with van der Waals surface area (Å²) in [4.78, 5) is 16.7. The molecule has 0 radical (unpaired) electrons. The molecule has 4 N–H and O–H groups in total. The minimum Gasteiger partial charge on any atom is -0.497 e. The lowest BCUT2D eigenvalue weighted by atomic mass is 9.49. The highest BCUT2D eigenvalue weighted by Gasteiger charge is 2.58. The van der Waals surface area contributed by atoms with E-state index in [1.54, 1.807) is 7.11 Å². The van der Waals surface area contributed by atoms with Gasteiger partial charge in [0.2, 0.25) is 0 Å². The van der Waals surface area contributed by atoms with Crippen LogP contribution in [-0.4, -0.2) is 82.3 Å². The van der Waals surface area contributed by atoms with Crippen molar-refractivity contribution >= 4 is 5.78 Å². The molecule has 0 amide bonds. The Kier molecular flexibility index (Phi) is 10.6. The average Bonchev–Trinajstić information content (AvgIpc) is 3.34. The van der Waals surface area contributed by atoms with Gasteiger partial charge in [0.25, 0.3) is 0 Å². The van der Waals surface area contributed by atoms with Crippen molar-refractivity contribution in [1.82, 2.24) is 4.90 Å². The third kappa shape index (κ3) is 7.48. The molecule has 5 saturated carbocycles. The molecule has 0 unspecified atom stereocenters. The zero-order chi connectivity index (χ0) is 36.0. The molecule has 7 nitrogen and oxygen atoms in total. The molecule has 0 spiro atoms. The summed E-state index contributed by atoms with van der Waals surface area (Å²) in [5.74, 6) is 2.98. The zero-order valence-corrected chi connectivity index (χ0v) is 31.2. The van der Waals surface area contributed by atoms with Gasteiger partial charge in [-0.25, -0.2) is 0 Å². The first kappa shape index (κ1) is 36.8. The fourth-order valence-corrected chi connectivity index (χ4v) is 12.0. The summed E-state index contributed by atoms with van der Waals surface area (Å²) in [6.45, 7) is 5.73. The molecule has 0 aromatic heterocycles. The first-order valence-electron chi connectivity index (χ1n) is 19.8. The number of ketones is 1. The minimum atomic E-state index is -1.07. The van der Waals surface area contributed by atoms with E-state index >= 15 is 0 Å². The third-order valence-electron chi connectivity index (χ3n) is 14.2. The normalized spacial score (nSPS) is 35.4. The Balaban J connectivity index is 1.26. The van der Waals surface area contributed by atoms with Crippen LogP contribution in [0.15, 0.2) is 54.1 Å². The molecule has 7 heteroatoms. The summed E-state index contributed by atoms with van der Waals surface area (Å²) in [5, 5.41) is 45.0. The third-order valence-corrected chi connectivity index (χ3v) is 14.2. The maximum Gasteiger partial charge on any atom is 0.193 e. The number of ether oxygens (including phenoxy) is 1. The second-order valence-corrected chi connectivity index (χ2v) is 17.9. The molecule has 6 bridgehead atoms. The molecule has 0 heterocycles. The Bertz CT molecular complexity index is 1550. The van der Waals surface area contributed by atoms with Crippen molar-refractivity contribution in [2.24, 2.45) is 28.6 Å². The van der Waals surface area contributed by atoms with Gasteiger partial charge < -0.3 is 25.2 Å². The number of methoxy groups -OCH3 is 1. The lowest BCUT2D eigenvalue weighted by molar-refractivity contribution is -0.114. The van der Waals surface area contributed by atoms with Gasteiger partial charge in [0, 0.05) is 36.2 Å². The number of hydrogen-bond acceptors (Lipinski definition) is 7. The number of aliphatic hydroxyl groups excluding tert-OH is 3. The topological polar surface area (TPSA) is 110 Å². The predicted octanol–water partition coefficient (Wildman–Crippen LogP) is 6.84. The zero-order valence-electron chi connectivity index (χ0n) is 31.2. The van der Waals surface area contributed by atoms with Gasteiger partial charge in [0.15, 0.2) is 5.78 Å². The molecule has 278 valence electrons. The number of hydrogen-bond donors (Lipinski definition) is 4. The number of nitrogens with zero attached hydrogens (tertiary/aromatic N) is 1. The number of aliphatic hydroxyl groups is 4. The molecule has 2 aromatic rings. The van der Waals surface area contributed by atoms with Gasteiger partial charge in [-0.1, -0.05) is 30.7 Å². The lowest BCUT2D eigenvalue weighted by Crippen LogP contribution is -2.57. The summed E-state index contributed by atoms with van der Waals surface area (Å²) < 4.78 is 5.37. The molecular formula is C44H61NO6. The molecular weight excluding hydrogens is 638 g/mol. The van der Waals surface area contributed by atoms with E-state index in [1.165, 1.54) is 44.1 Å². The smallest absolute Gasteiger partial charge is 0.193 e. The van der Waals surface area contributed by atoms with Gasteiger partial charge in [-0.15, -0.1) is 0 Å². The fraction of sp³-hybridized carbons (Fsp3) is 0.659. The van der Waals surface area contributed by atoms with Crippen LogP contribution in [0.2, 0.25) is 0 Å². The molecule has 7 aliphatic rings. The SMILES string of the molecule is COc1ccc(C(=O)c2cc3ccc2[C@@H]2CC[C@@](O)(CN(C[C@H](O)CO)CC45CC6CC(CC(C6)C4)C5)[C@@]2(C)CCC=C(C)CC[C@H](O)C3)cc1. The van der Waals surface area contributed by atoms with Crippen molar-refractivity contribution in [2.75, 3.05) is 33.4 Å². The maximum atomic E-state index is 14.4. The standard InChI is InChI=1S/C44H61NO6/c1-29-5-4-15-42(2)40(38-13-7-30(20-35(47)10-6-29)21-39(38)41(49)34-8-11-37(51-3)12-9-34)14-16-44(42,50)28-45(25-36(48)26-46)27-43-22-31-17-32(23-43)19-33(18-31)24-43/h5,7-9,11-13,21,31-33,35-36,40,46-48,50H,4,6,10,14-20,22-28H2,1-3H3/t31?,32?,33?,35-,36-,40-,42-,43?,44+/m0/s1. The number of carbonyl (C=O) groups excluding carboxylic acids is 1. The number of fused-ring (bicyclic) bond motifs is 8. The number of rotatable bonds is 10. The van der Waals surface area contributed by atoms with E-state index in [0.29, 0.717) is 49.2 Å². The molecule has 0 aliphatic heterocycles. The Labute approximate surface area is 305 Å². The summed E-state index contributed by atoms with van der Waals surface area (Å²) in [6.07, 6.45) is 13.6. The van der Waals surface area contributed by atoms with Gasteiger partial charge in [0.1, 0.15) is 5.75 Å². The van der Waals surface area contributed by atoms with Gasteiger partial charge in [-0.2, -0.15) is 0 Å². The van der Waals surface area contributed by atoms with Crippen LogP contribution >= 0.6 is 0 Å². The van der Waals surface area contributed by atoms with Crippen molar-refractivity contribution < 1.29 is 30.0 Å². The van der Waals surface area contributed by atoms with Crippen molar-refractivity contribution in [3.8, 4) is 5.75 Å². The van der Waals surface area contributed by atoms with Crippen LogP contribution in [-0.2, 0) is 6.42 Å². The average molecular weight is 700 g/mol. The van der Waals surface area contributed by atoms with Crippen LogP contribution < -0.4 is 4.74 Å². The highest BCUT2D eigenvalue weighted by atomic mass is 16.5. The molecule has 9 rings (SSSR count). The van der Waals surface area contributed by atoms with E-state index in [2.05, 4.69) is 37.0 Å². The Morgan fingerprint density at radius 3 is 2.31 bits per heavy atom. The number of allylic oxidation sites excluding steroid dienone is 2. The second kappa shape index (κ2) is 14.7. The lowest BCUT2D eigenvalue weighted by Gasteiger charge is -2.58. The van der Waals surface area contributed by atoms with Crippen LogP contribution in [0.25, 0.3) is 0 Å². The molecule has 51 heavy (non-hydrogen) atoms. The quantitative estimate of drug-likeness (QED) is 0.159. The second-order valence-electron chi connectivity index (χ2n) is 17.9. The Morgan fingerprint density at radius 2 is 1.67 bits per heavy atom. The van der Waals surface area contributed by atoms with Crippen LogP contribution in [0.5, 0.6) is 5.75 Å². The first-order chi connectivity index (χ1) is 24.4. The van der Waals surface area contributed by atoms with E-state index < -0.39 is 23.2 Å².